The Balaban J connectivity index is 2.79. The minimum atomic E-state index is -0.828. The molecule has 0 amide bonds. The van der Waals surface area contributed by atoms with Crippen LogP contribution in [0.1, 0.15) is 42.1 Å². The Labute approximate surface area is 107 Å². The lowest BCUT2D eigenvalue weighted by molar-refractivity contribution is -0.137. The normalized spacial score (nSPS) is 12.2. The van der Waals surface area contributed by atoms with E-state index < -0.39 is 12.1 Å². The second-order valence-electron chi connectivity index (χ2n) is 4.48. The maximum Gasteiger partial charge on any atom is 0.303 e. The monoisotopic (exact) mass is 252 g/mol. The molecule has 0 aromatic heterocycles. The highest BCUT2D eigenvalue weighted by molar-refractivity contribution is 5.66. The molecule has 0 saturated carbocycles. The molecule has 4 nitrogen and oxygen atoms in total. The van der Waals surface area contributed by atoms with Crippen LogP contribution in [0.25, 0.3) is 0 Å². The van der Waals surface area contributed by atoms with Crippen LogP contribution in [-0.4, -0.2) is 23.3 Å². The first kappa shape index (κ1) is 14.5. The van der Waals surface area contributed by atoms with Gasteiger partial charge in [-0.3, -0.25) is 4.79 Å². The third-order valence-corrected chi connectivity index (χ3v) is 3.00. The molecule has 100 valence electrons. The maximum atomic E-state index is 10.4. The molecular formula is C14H20O4. The van der Waals surface area contributed by atoms with E-state index in [1.807, 2.05) is 26.0 Å². The molecule has 18 heavy (non-hydrogen) atoms. The highest BCUT2D eigenvalue weighted by Gasteiger charge is 2.14. The molecule has 1 aromatic carbocycles. The van der Waals surface area contributed by atoms with Gasteiger partial charge in [0.25, 0.3) is 0 Å². The van der Waals surface area contributed by atoms with Gasteiger partial charge in [-0.1, -0.05) is 0 Å². The summed E-state index contributed by atoms with van der Waals surface area (Å²) in [6.45, 7) is 3.84. The van der Waals surface area contributed by atoms with E-state index in [1.54, 1.807) is 7.11 Å². The highest BCUT2D eigenvalue weighted by Crippen LogP contribution is 2.29. The molecule has 0 bridgehead atoms. The van der Waals surface area contributed by atoms with Crippen molar-refractivity contribution in [2.75, 3.05) is 7.11 Å². The molecule has 0 saturated heterocycles. The molecule has 0 spiro atoms. The first-order valence-electron chi connectivity index (χ1n) is 6.00. The quantitative estimate of drug-likeness (QED) is 0.816. The van der Waals surface area contributed by atoms with Crippen LogP contribution in [-0.2, 0) is 4.79 Å². The molecule has 1 unspecified atom stereocenters. The molecule has 0 fully saturated rings. The molecule has 1 atom stereocenters. The predicted octanol–water partition coefficient (Wildman–Crippen LogP) is 2.60. The smallest absolute Gasteiger partial charge is 0.303 e. The van der Waals surface area contributed by atoms with Crippen molar-refractivity contribution in [2.24, 2.45) is 0 Å². The fourth-order valence-electron chi connectivity index (χ4n) is 2.17. The number of carboxylic acids is 1. The molecular weight excluding hydrogens is 232 g/mol. The fraction of sp³-hybridized carbons (Fsp3) is 0.500. The summed E-state index contributed by atoms with van der Waals surface area (Å²) in [5.74, 6) is -0.0585. The lowest BCUT2D eigenvalue weighted by Crippen LogP contribution is -2.05. The zero-order chi connectivity index (χ0) is 13.7. The second-order valence-corrected chi connectivity index (χ2v) is 4.48. The van der Waals surface area contributed by atoms with Gasteiger partial charge in [-0.25, -0.2) is 0 Å². The van der Waals surface area contributed by atoms with Crippen LogP contribution < -0.4 is 4.74 Å². The number of hydrogen-bond acceptors (Lipinski definition) is 3. The summed E-state index contributed by atoms with van der Waals surface area (Å²) in [6.07, 6.45) is 0.405. The van der Waals surface area contributed by atoms with Crippen molar-refractivity contribution in [3.8, 4) is 5.75 Å². The fourth-order valence-corrected chi connectivity index (χ4v) is 2.17. The van der Waals surface area contributed by atoms with E-state index >= 15 is 0 Å². The second kappa shape index (κ2) is 6.40. The van der Waals surface area contributed by atoms with Crippen LogP contribution in [0.3, 0.4) is 0 Å². The van der Waals surface area contributed by atoms with Gasteiger partial charge in [0, 0.05) is 6.42 Å². The molecule has 2 N–H and O–H groups in total. The van der Waals surface area contributed by atoms with Crippen LogP contribution in [0.4, 0.5) is 0 Å². The lowest BCUT2D eigenvalue weighted by atomic mass is 9.94. The number of carbonyl (C=O) groups is 1. The van der Waals surface area contributed by atoms with Crippen LogP contribution in [0.2, 0.25) is 0 Å². The van der Waals surface area contributed by atoms with Crippen molar-refractivity contribution < 1.29 is 19.7 Å². The SMILES string of the molecule is COc1cc(C)c(C(O)CCCC(=O)O)c(C)c1. The van der Waals surface area contributed by atoms with Crippen molar-refractivity contribution in [1.29, 1.82) is 0 Å². The standard InChI is InChI=1S/C14H20O4/c1-9-7-11(18-3)8-10(2)14(9)12(15)5-4-6-13(16)17/h7-8,12,15H,4-6H2,1-3H3,(H,16,17). The van der Waals surface area contributed by atoms with Gasteiger partial charge in [-0.15, -0.1) is 0 Å². The van der Waals surface area contributed by atoms with Crippen LogP contribution >= 0.6 is 0 Å². The number of aliphatic carboxylic acids is 1. The summed E-state index contributed by atoms with van der Waals surface area (Å²) in [5.41, 5.74) is 2.81. The topological polar surface area (TPSA) is 66.8 Å². The van der Waals surface area contributed by atoms with Gasteiger partial charge in [-0.2, -0.15) is 0 Å². The Bertz CT molecular complexity index is 403. The third-order valence-electron chi connectivity index (χ3n) is 3.00. The van der Waals surface area contributed by atoms with E-state index in [0.29, 0.717) is 12.8 Å². The molecule has 1 rings (SSSR count). The first-order chi connectivity index (χ1) is 8.45. The number of hydrogen-bond donors (Lipinski definition) is 2. The number of carboxylic acid groups (broad SMARTS) is 1. The average Bonchev–Trinajstić information content (AvgIpc) is 2.27. The highest BCUT2D eigenvalue weighted by atomic mass is 16.5. The van der Waals surface area contributed by atoms with E-state index in [4.69, 9.17) is 9.84 Å². The molecule has 0 radical (unpaired) electrons. The number of aliphatic hydroxyl groups is 1. The number of rotatable bonds is 6. The summed E-state index contributed by atoms with van der Waals surface area (Å²) >= 11 is 0. The van der Waals surface area contributed by atoms with Gasteiger partial charge in [-0.05, 0) is 55.5 Å². The Morgan fingerprint density at radius 2 is 1.89 bits per heavy atom. The first-order valence-corrected chi connectivity index (χ1v) is 6.00. The summed E-state index contributed by atoms with van der Waals surface area (Å²) in [7, 11) is 1.61. The molecule has 4 heteroatoms. The van der Waals surface area contributed by atoms with E-state index in [-0.39, 0.29) is 6.42 Å². The van der Waals surface area contributed by atoms with Gasteiger partial charge in [0.15, 0.2) is 0 Å². The maximum absolute atomic E-state index is 10.4. The third kappa shape index (κ3) is 3.74. The molecule has 0 aliphatic heterocycles. The van der Waals surface area contributed by atoms with Crippen LogP contribution in [0.15, 0.2) is 12.1 Å². The van der Waals surface area contributed by atoms with Gasteiger partial charge in [0.1, 0.15) is 5.75 Å². The van der Waals surface area contributed by atoms with Gasteiger partial charge in [0.05, 0.1) is 13.2 Å². The van der Waals surface area contributed by atoms with Crippen molar-refractivity contribution in [3.63, 3.8) is 0 Å². The number of methoxy groups -OCH3 is 1. The Morgan fingerprint density at radius 1 is 1.33 bits per heavy atom. The lowest BCUT2D eigenvalue weighted by Gasteiger charge is -2.17. The Kier molecular flexibility index (Phi) is 5.16. The zero-order valence-electron chi connectivity index (χ0n) is 11.1. The average molecular weight is 252 g/mol. The zero-order valence-corrected chi connectivity index (χ0v) is 11.1. The number of aryl methyl sites for hydroxylation is 2. The van der Waals surface area contributed by atoms with Crippen molar-refractivity contribution >= 4 is 5.97 Å². The predicted molar refractivity (Wildman–Crippen MR) is 68.9 cm³/mol. The van der Waals surface area contributed by atoms with Gasteiger partial charge < -0.3 is 14.9 Å². The molecule has 1 aromatic rings. The van der Waals surface area contributed by atoms with E-state index in [0.717, 1.165) is 22.4 Å². The Morgan fingerprint density at radius 3 is 2.33 bits per heavy atom. The van der Waals surface area contributed by atoms with E-state index in [1.165, 1.54) is 0 Å². The molecule has 0 aliphatic rings. The summed E-state index contributed by atoms with van der Waals surface area (Å²) in [5, 5.41) is 18.7. The molecule has 0 aliphatic carbocycles. The number of ether oxygens (including phenoxy) is 1. The van der Waals surface area contributed by atoms with E-state index in [9.17, 15) is 9.90 Å². The van der Waals surface area contributed by atoms with Gasteiger partial charge >= 0.3 is 5.97 Å². The van der Waals surface area contributed by atoms with Crippen molar-refractivity contribution in [1.82, 2.24) is 0 Å². The van der Waals surface area contributed by atoms with Crippen molar-refractivity contribution in [3.05, 3.63) is 28.8 Å². The minimum Gasteiger partial charge on any atom is -0.497 e. The Hall–Kier alpha value is -1.55. The summed E-state index contributed by atoms with van der Waals surface area (Å²) < 4.78 is 5.16. The van der Waals surface area contributed by atoms with Crippen LogP contribution in [0.5, 0.6) is 5.75 Å². The van der Waals surface area contributed by atoms with Crippen LogP contribution in [0, 0.1) is 13.8 Å². The summed E-state index contributed by atoms with van der Waals surface area (Å²) in [6, 6.07) is 3.76. The van der Waals surface area contributed by atoms with E-state index in [2.05, 4.69) is 0 Å². The summed E-state index contributed by atoms with van der Waals surface area (Å²) in [4.78, 5) is 10.4. The van der Waals surface area contributed by atoms with Crippen molar-refractivity contribution in [2.45, 2.75) is 39.2 Å². The minimum absolute atomic E-state index is 0.0886. The number of benzene rings is 1. The molecule has 0 heterocycles. The largest absolute Gasteiger partial charge is 0.497 e. The van der Waals surface area contributed by atoms with Gasteiger partial charge in [0.2, 0.25) is 0 Å². The number of aliphatic hydroxyl groups excluding tert-OH is 1.